The lowest BCUT2D eigenvalue weighted by Crippen LogP contribution is -2.29. The number of hydrogen-bond donors (Lipinski definition) is 2. The van der Waals surface area contributed by atoms with Gasteiger partial charge in [0.1, 0.15) is 6.61 Å². The molecule has 0 aromatic heterocycles. The number of carbonyl (C=O) groups is 2. The first-order chi connectivity index (χ1) is 23.8. The quantitative estimate of drug-likeness (QED) is 0.0282. The number of carbonyl (C=O) groups excluding carboxylic acids is 2. The van der Waals surface area contributed by atoms with Crippen LogP contribution in [-0.4, -0.2) is 41.0 Å². The molecule has 0 radical (unpaired) electrons. The average Bonchev–Trinajstić information content (AvgIpc) is 3.07. The van der Waals surface area contributed by atoms with Gasteiger partial charge in [0.25, 0.3) is 0 Å². The van der Waals surface area contributed by atoms with Crippen LogP contribution in [0.2, 0.25) is 0 Å². The van der Waals surface area contributed by atoms with Crippen LogP contribution in [-0.2, 0) is 28.2 Å². The number of allylic oxidation sites excluding steroid dienone is 4. The summed E-state index contributed by atoms with van der Waals surface area (Å²) >= 11 is 0. The van der Waals surface area contributed by atoms with Gasteiger partial charge in [-0.1, -0.05) is 173 Å². The molecule has 0 saturated carbocycles. The third kappa shape index (κ3) is 39.2. The molecule has 0 fully saturated rings. The molecule has 49 heavy (non-hydrogen) atoms. The number of esters is 2. The molecule has 0 aliphatic rings. The van der Waals surface area contributed by atoms with E-state index in [1.165, 1.54) is 109 Å². The van der Waals surface area contributed by atoms with Crippen molar-refractivity contribution in [3.8, 4) is 0 Å². The highest BCUT2D eigenvalue weighted by Crippen LogP contribution is 2.36. The second-order valence-electron chi connectivity index (χ2n) is 13.6. The smallest absolute Gasteiger partial charge is 0.462 e. The molecule has 0 unspecified atom stereocenters. The fourth-order valence-corrected chi connectivity index (χ4v) is 6.08. The van der Waals surface area contributed by atoms with E-state index in [1.807, 2.05) is 0 Å². The molecule has 0 heterocycles. The van der Waals surface area contributed by atoms with E-state index >= 15 is 0 Å². The molecule has 0 saturated heterocycles. The Labute approximate surface area is 300 Å². The maximum Gasteiger partial charge on any atom is 0.469 e. The summed E-state index contributed by atoms with van der Waals surface area (Å²) in [6.45, 7) is 3.66. The maximum absolute atomic E-state index is 12.4. The van der Waals surface area contributed by atoms with E-state index in [2.05, 4.69) is 42.7 Å². The highest BCUT2D eigenvalue weighted by Gasteiger charge is 2.22. The number of hydrogen-bond acceptors (Lipinski definition) is 6. The zero-order valence-electron chi connectivity index (χ0n) is 31.6. The molecule has 8 nitrogen and oxygen atoms in total. The Kier molecular flexibility index (Phi) is 35.2. The minimum Gasteiger partial charge on any atom is -0.462 e. The van der Waals surface area contributed by atoms with Crippen LogP contribution in [0, 0.1) is 0 Å². The Morgan fingerprint density at radius 3 is 1.33 bits per heavy atom. The monoisotopic (exact) mass is 715 g/mol. The summed E-state index contributed by atoms with van der Waals surface area (Å²) in [5, 5.41) is 0. The van der Waals surface area contributed by atoms with Crippen molar-refractivity contribution in [1.82, 2.24) is 0 Å². The van der Waals surface area contributed by atoms with Crippen molar-refractivity contribution in [2.24, 2.45) is 0 Å². The number of phosphoric ester groups is 1. The Bertz CT molecular complexity index is 853. The van der Waals surface area contributed by atoms with Crippen molar-refractivity contribution in [3.63, 3.8) is 0 Å². The first-order valence-corrected chi connectivity index (χ1v) is 21.7. The molecule has 0 spiro atoms. The van der Waals surface area contributed by atoms with Gasteiger partial charge >= 0.3 is 19.8 Å². The molecule has 0 amide bonds. The zero-order chi connectivity index (χ0) is 36.1. The van der Waals surface area contributed by atoms with Crippen LogP contribution in [0.5, 0.6) is 0 Å². The number of unbranched alkanes of at least 4 members (excludes halogenated alkanes) is 24. The van der Waals surface area contributed by atoms with Gasteiger partial charge in [-0.3, -0.25) is 14.1 Å². The van der Waals surface area contributed by atoms with E-state index in [0.717, 1.165) is 57.8 Å². The van der Waals surface area contributed by atoms with Gasteiger partial charge in [0.2, 0.25) is 0 Å². The molecule has 288 valence electrons. The molecule has 0 aliphatic heterocycles. The maximum atomic E-state index is 12.4. The van der Waals surface area contributed by atoms with Crippen molar-refractivity contribution < 1.29 is 37.9 Å². The predicted molar refractivity (Wildman–Crippen MR) is 202 cm³/mol. The van der Waals surface area contributed by atoms with Crippen LogP contribution in [0.3, 0.4) is 0 Å². The lowest BCUT2D eigenvalue weighted by Gasteiger charge is -2.18. The van der Waals surface area contributed by atoms with Gasteiger partial charge in [0.05, 0.1) is 6.61 Å². The van der Waals surface area contributed by atoms with E-state index in [0.29, 0.717) is 6.42 Å². The van der Waals surface area contributed by atoms with E-state index < -0.39 is 32.5 Å². The molecule has 1 atom stereocenters. The SMILES string of the molecule is CCCCCC/C=C/C=C/CCCCCCCC(=O)O[C@H](COC(=O)CCCCCCCCCCCCCCCCCC)COP(=O)(O)O. The Hall–Kier alpha value is -1.47. The average molecular weight is 715 g/mol. The second-order valence-corrected chi connectivity index (χ2v) is 14.9. The summed E-state index contributed by atoms with van der Waals surface area (Å²) in [5.41, 5.74) is 0. The summed E-state index contributed by atoms with van der Waals surface area (Å²) in [5.74, 6) is -0.895. The Balaban J connectivity index is 3.94. The molecule has 0 bridgehead atoms. The predicted octanol–water partition coefficient (Wildman–Crippen LogP) is 12.0. The van der Waals surface area contributed by atoms with Gasteiger partial charge in [-0.15, -0.1) is 0 Å². The number of rotatable bonds is 37. The van der Waals surface area contributed by atoms with Gasteiger partial charge in [-0.25, -0.2) is 4.57 Å². The number of phosphoric acid groups is 1. The third-order valence-electron chi connectivity index (χ3n) is 8.75. The summed E-state index contributed by atoms with van der Waals surface area (Å²) in [4.78, 5) is 42.8. The van der Waals surface area contributed by atoms with Crippen molar-refractivity contribution >= 4 is 19.8 Å². The van der Waals surface area contributed by atoms with Crippen molar-refractivity contribution in [2.45, 2.75) is 206 Å². The molecule has 0 aromatic carbocycles. The van der Waals surface area contributed by atoms with Gasteiger partial charge in [-0.05, 0) is 38.5 Å². The lowest BCUT2D eigenvalue weighted by molar-refractivity contribution is -0.161. The van der Waals surface area contributed by atoms with Gasteiger partial charge < -0.3 is 19.3 Å². The van der Waals surface area contributed by atoms with Crippen molar-refractivity contribution in [2.75, 3.05) is 13.2 Å². The van der Waals surface area contributed by atoms with Crippen LogP contribution < -0.4 is 0 Å². The van der Waals surface area contributed by atoms with Gasteiger partial charge in [0.15, 0.2) is 6.10 Å². The standard InChI is InChI=1S/C40H75O8P/c1-3-5-7-9-11-13-15-17-19-21-22-24-26-28-30-32-34-39(41)46-36-38(37-47-49(43,44)45)48-40(42)35-33-31-29-27-25-23-20-18-16-14-12-10-8-6-4-2/h14,16,18,20,38H,3-13,15,17,19,21-37H2,1-2H3,(H2,43,44,45)/b16-14+,20-18+/t38-/m1/s1. The molecular formula is C40H75O8P. The fraction of sp³-hybridized carbons (Fsp3) is 0.850. The Morgan fingerprint density at radius 1 is 0.531 bits per heavy atom. The van der Waals surface area contributed by atoms with Crippen molar-refractivity contribution in [3.05, 3.63) is 24.3 Å². The van der Waals surface area contributed by atoms with Crippen LogP contribution >= 0.6 is 7.82 Å². The van der Waals surface area contributed by atoms with Crippen LogP contribution in [0.25, 0.3) is 0 Å². The molecule has 0 aliphatic carbocycles. The van der Waals surface area contributed by atoms with Crippen LogP contribution in [0.15, 0.2) is 24.3 Å². The second kappa shape index (κ2) is 36.3. The third-order valence-corrected chi connectivity index (χ3v) is 9.24. The minimum atomic E-state index is -4.75. The normalized spacial score (nSPS) is 12.7. The molecular weight excluding hydrogens is 639 g/mol. The van der Waals surface area contributed by atoms with Crippen molar-refractivity contribution in [1.29, 1.82) is 0 Å². The van der Waals surface area contributed by atoms with Crippen LogP contribution in [0.4, 0.5) is 0 Å². The summed E-state index contributed by atoms with van der Waals surface area (Å²) in [6, 6.07) is 0. The highest BCUT2D eigenvalue weighted by molar-refractivity contribution is 7.46. The topological polar surface area (TPSA) is 119 Å². The fourth-order valence-electron chi connectivity index (χ4n) is 5.72. The zero-order valence-corrected chi connectivity index (χ0v) is 32.5. The molecule has 2 N–H and O–H groups in total. The molecule has 0 rings (SSSR count). The first-order valence-electron chi connectivity index (χ1n) is 20.1. The van der Waals surface area contributed by atoms with E-state index in [9.17, 15) is 14.2 Å². The van der Waals surface area contributed by atoms with Gasteiger partial charge in [-0.2, -0.15) is 0 Å². The van der Waals surface area contributed by atoms with E-state index in [1.54, 1.807) is 0 Å². The first kappa shape index (κ1) is 47.5. The van der Waals surface area contributed by atoms with E-state index in [4.69, 9.17) is 19.3 Å². The van der Waals surface area contributed by atoms with E-state index in [-0.39, 0.29) is 19.4 Å². The lowest BCUT2D eigenvalue weighted by atomic mass is 10.0. The summed E-state index contributed by atoms with van der Waals surface area (Å²) < 4.78 is 26.3. The molecule has 9 heteroatoms. The molecule has 0 aromatic rings. The number of ether oxygens (including phenoxy) is 2. The summed E-state index contributed by atoms with van der Waals surface area (Å²) in [7, 11) is -4.75. The van der Waals surface area contributed by atoms with Gasteiger partial charge in [0, 0.05) is 12.8 Å². The Morgan fingerprint density at radius 2 is 0.898 bits per heavy atom. The summed E-state index contributed by atoms with van der Waals surface area (Å²) in [6.07, 6.45) is 40.4. The highest BCUT2D eigenvalue weighted by atomic mass is 31.2. The minimum absolute atomic E-state index is 0.197. The van der Waals surface area contributed by atoms with Crippen LogP contribution in [0.1, 0.15) is 200 Å². The largest absolute Gasteiger partial charge is 0.469 e.